The number of para-hydroxylation sites is 2. The lowest BCUT2D eigenvalue weighted by Gasteiger charge is -2.30. The number of allylic oxidation sites excluding steroid dienone is 2. The molecule has 12 rings (SSSR count). The van der Waals surface area contributed by atoms with E-state index in [0.717, 1.165) is 51.8 Å². The lowest BCUT2D eigenvalue weighted by Crippen LogP contribution is -2.17. The van der Waals surface area contributed by atoms with Crippen molar-refractivity contribution in [3.63, 3.8) is 0 Å². The molecule has 0 bridgehead atoms. The van der Waals surface area contributed by atoms with E-state index in [1.54, 1.807) is 0 Å². The number of hydrogen-bond donors (Lipinski definition) is 0. The van der Waals surface area contributed by atoms with Crippen LogP contribution in [0.3, 0.4) is 0 Å². The smallest absolute Gasteiger partial charge is 0.145 e. The molecular formula is C57H48N2O. The van der Waals surface area contributed by atoms with E-state index < -0.39 is 0 Å². The Balaban J connectivity index is 1.21. The molecule has 292 valence electrons. The van der Waals surface area contributed by atoms with Gasteiger partial charge < -0.3 is 13.9 Å². The van der Waals surface area contributed by atoms with Gasteiger partial charge in [-0.1, -0.05) is 144 Å². The van der Waals surface area contributed by atoms with Crippen molar-refractivity contribution in [2.24, 2.45) is 0 Å². The summed E-state index contributed by atoms with van der Waals surface area (Å²) in [5, 5.41) is 10.0. The number of nitrogens with zero attached hydrogens (tertiary/aromatic N) is 2. The Hall–Kier alpha value is -6.58. The molecule has 2 aromatic heterocycles. The number of anilines is 3. The molecule has 8 aromatic carbocycles. The molecule has 0 amide bonds. The molecule has 0 radical (unpaired) electrons. The number of fused-ring (bicyclic) bond motifs is 15. The van der Waals surface area contributed by atoms with E-state index in [1.165, 1.54) is 89.7 Å². The summed E-state index contributed by atoms with van der Waals surface area (Å²) in [7, 11) is 0. The Morgan fingerprint density at radius 3 is 1.95 bits per heavy atom. The van der Waals surface area contributed by atoms with Gasteiger partial charge in [-0.15, -0.1) is 0 Å². The van der Waals surface area contributed by atoms with Crippen molar-refractivity contribution in [3.05, 3.63) is 168 Å². The molecule has 2 heterocycles. The molecule has 0 saturated carbocycles. The SMILES string of the molecule is CC(C)(C)c1ccc(N(c2ccc3c4ccccc4n(C4=CCCCC4)c3c2)c2cc3c(c4oc5ccccc5c24)-c2c(c4ccccc4c4ccccc24)C3(C)C)cc1. The zero-order valence-corrected chi connectivity index (χ0v) is 35.1. The topological polar surface area (TPSA) is 21.3 Å². The third-order valence-corrected chi connectivity index (χ3v) is 13.8. The summed E-state index contributed by atoms with van der Waals surface area (Å²) in [5.41, 5.74) is 15.4. The van der Waals surface area contributed by atoms with Crippen LogP contribution in [0.2, 0.25) is 0 Å². The maximum atomic E-state index is 7.20. The Morgan fingerprint density at radius 2 is 1.22 bits per heavy atom. The highest BCUT2D eigenvalue weighted by molar-refractivity contribution is 6.25. The van der Waals surface area contributed by atoms with Crippen molar-refractivity contribution in [3.8, 4) is 11.1 Å². The van der Waals surface area contributed by atoms with Gasteiger partial charge in [0, 0.05) is 44.2 Å². The number of rotatable bonds is 4. The first kappa shape index (κ1) is 35.4. The largest absolute Gasteiger partial charge is 0.455 e. The van der Waals surface area contributed by atoms with Crippen LogP contribution in [0.5, 0.6) is 0 Å². The molecule has 0 aliphatic heterocycles. The molecular weight excluding hydrogens is 729 g/mol. The van der Waals surface area contributed by atoms with Gasteiger partial charge >= 0.3 is 0 Å². The highest BCUT2D eigenvalue weighted by Crippen LogP contribution is 2.60. The predicted octanol–water partition coefficient (Wildman–Crippen LogP) is 16.5. The van der Waals surface area contributed by atoms with Crippen molar-refractivity contribution < 1.29 is 4.42 Å². The standard InChI is InChI=1S/C57H48N2O/c1-56(2,3)35-27-29-37(30-28-35)58(38-31-32-42-41-21-13-15-25-47(41)59(48(42)33-38)36-17-7-6-8-18-36)49-34-46-53(55-51(49)45-24-14-16-26-50(45)60-55)52-43-22-11-9-19-39(43)40-20-10-12-23-44(40)54(52)57(46,4)5/h9-17,19-34H,6-8,18H2,1-5H3. The lowest BCUT2D eigenvalue weighted by atomic mass is 9.79. The number of benzene rings is 8. The van der Waals surface area contributed by atoms with Gasteiger partial charge in [0.25, 0.3) is 0 Å². The second-order valence-electron chi connectivity index (χ2n) is 18.7. The monoisotopic (exact) mass is 776 g/mol. The Labute approximate surface area is 351 Å². The fraction of sp³-hybridized carbons (Fsp3) is 0.193. The molecule has 0 atom stereocenters. The predicted molar refractivity (Wildman–Crippen MR) is 255 cm³/mol. The fourth-order valence-corrected chi connectivity index (χ4v) is 11.0. The summed E-state index contributed by atoms with van der Waals surface area (Å²) in [4.78, 5) is 2.52. The van der Waals surface area contributed by atoms with Gasteiger partial charge in [-0.25, -0.2) is 0 Å². The summed E-state index contributed by atoms with van der Waals surface area (Å²) in [6, 6.07) is 54.5. The van der Waals surface area contributed by atoms with Crippen LogP contribution < -0.4 is 4.90 Å². The van der Waals surface area contributed by atoms with Gasteiger partial charge in [0.05, 0.1) is 22.1 Å². The molecule has 2 aliphatic carbocycles. The van der Waals surface area contributed by atoms with Gasteiger partial charge in [0.2, 0.25) is 0 Å². The molecule has 3 heteroatoms. The minimum Gasteiger partial charge on any atom is -0.455 e. The summed E-state index contributed by atoms with van der Waals surface area (Å²) >= 11 is 0. The molecule has 0 unspecified atom stereocenters. The van der Waals surface area contributed by atoms with E-state index in [9.17, 15) is 0 Å². The number of hydrogen-bond acceptors (Lipinski definition) is 2. The molecule has 0 spiro atoms. The van der Waals surface area contributed by atoms with Crippen molar-refractivity contribution >= 4 is 88.0 Å². The van der Waals surface area contributed by atoms with Crippen molar-refractivity contribution in [2.75, 3.05) is 4.90 Å². The molecule has 10 aromatic rings. The van der Waals surface area contributed by atoms with Crippen LogP contribution in [0, 0.1) is 0 Å². The molecule has 0 N–H and O–H groups in total. The third kappa shape index (κ3) is 4.96. The van der Waals surface area contributed by atoms with Crippen molar-refractivity contribution in [2.45, 2.75) is 71.1 Å². The first-order valence-electron chi connectivity index (χ1n) is 21.7. The lowest BCUT2D eigenvalue weighted by molar-refractivity contribution is 0.590. The summed E-state index contributed by atoms with van der Waals surface area (Å²) in [6.07, 6.45) is 7.15. The van der Waals surface area contributed by atoms with E-state index in [0.29, 0.717) is 0 Å². The van der Waals surface area contributed by atoms with Gasteiger partial charge in [0.1, 0.15) is 11.2 Å². The van der Waals surface area contributed by atoms with Gasteiger partial charge in [0.15, 0.2) is 0 Å². The van der Waals surface area contributed by atoms with Crippen LogP contribution in [-0.2, 0) is 10.8 Å². The Morgan fingerprint density at radius 1 is 0.583 bits per heavy atom. The first-order valence-corrected chi connectivity index (χ1v) is 21.7. The normalized spacial score (nSPS) is 15.1. The van der Waals surface area contributed by atoms with E-state index in [2.05, 4.69) is 196 Å². The Kier molecular flexibility index (Phi) is 7.49. The average molecular weight is 777 g/mol. The van der Waals surface area contributed by atoms with E-state index in [-0.39, 0.29) is 10.8 Å². The quantitative estimate of drug-likeness (QED) is 0.166. The summed E-state index contributed by atoms with van der Waals surface area (Å²) in [6.45, 7) is 11.7. The fourth-order valence-electron chi connectivity index (χ4n) is 11.0. The minimum atomic E-state index is -0.318. The second kappa shape index (κ2) is 12.7. The molecule has 60 heavy (non-hydrogen) atoms. The van der Waals surface area contributed by atoms with E-state index in [1.807, 2.05) is 0 Å². The molecule has 0 fully saturated rings. The van der Waals surface area contributed by atoms with E-state index >= 15 is 0 Å². The summed E-state index contributed by atoms with van der Waals surface area (Å²) in [5.74, 6) is 0. The average Bonchev–Trinajstić information content (AvgIpc) is 3.90. The zero-order valence-electron chi connectivity index (χ0n) is 35.1. The van der Waals surface area contributed by atoms with Crippen LogP contribution in [0.15, 0.2) is 156 Å². The van der Waals surface area contributed by atoms with Crippen molar-refractivity contribution in [1.29, 1.82) is 0 Å². The van der Waals surface area contributed by atoms with Crippen molar-refractivity contribution in [1.82, 2.24) is 4.57 Å². The minimum absolute atomic E-state index is 0.0277. The van der Waals surface area contributed by atoms with Crippen LogP contribution in [0.4, 0.5) is 17.1 Å². The maximum Gasteiger partial charge on any atom is 0.145 e. The second-order valence-corrected chi connectivity index (χ2v) is 18.7. The Bertz CT molecular complexity index is 3440. The van der Waals surface area contributed by atoms with Crippen LogP contribution in [-0.4, -0.2) is 4.57 Å². The van der Waals surface area contributed by atoms with Crippen LogP contribution >= 0.6 is 0 Å². The summed E-state index contributed by atoms with van der Waals surface area (Å²) < 4.78 is 9.75. The van der Waals surface area contributed by atoms with Crippen LogP contribution in [0.25, 0.3) is 82.1 Å². The van der Waals surface area contributed by atoms with Crippen LogP contribution in [0.1, 0.15) is 77.0 Å². The number of aromatic nitrogens is 1. The van der Waals surface area contributed by atoms with E-state index in [4.69, 9.17) is 4.42 Å². The molecule has 2 aliphatic rings. The molecule has 3 nitrogen and oxygen atoms in total. The maximum absolute atomic E-state index is 7.20. The molecule has 0 saturated heterocycles. The van der Waals surface area contributed by atoms with Gasteiger partial charge in [-0.3, -0.25) is 0 Å². The third-order valence-electron chi connectivity index (χ3n) is 13.8. The highest BCUT2D eigenvalue weighted by Gasteiger charge is 2.42. The van der Waals surface area contributed by atoms with Gasteiger partial charge in [-0.05, 0) is 117 Å². The zero-order chi connectivity index (χ0) is 40.5. The first-order chi connectivity index (χ1) is 29.2. The highest BCUT2D eigenvalue weighted by atomic mass is 16.3. The van der Waals surface area contributed by atoms with Gasteiger partial charge in [-0.2, -0.15) is 0 Å². The number of furan rings is 1.